The van der Waals surface area contributed by atoms with Crippen LogP contribution in [0, 0.1) is 5.41 Å². The van der Waals surface area contributed by atoms with Crippen molar-refractivity contribution >= 4 is 10.2 Å². The second-order valence-electron chi connectivity index (χ2n) is 4.50. The highest BCUT2D eigenvalue weighted by atomic mass is 28.1. The van der Waals surface area contributed by atoms with Crippen LogP contribution in [0.2, 0.25) is 5.04 Å². The van der Waals surface area contributed by atoms with Crippen molar-refractivity contribution in [2.45, 2.75) is 39.7 Å². The molecule has 1 heteroatoms. The van der Waals surface area contributed by atoms with Gasteiger partial charge in [0.25, 0.3) is 0 Å². The molecular weight excluding hydrogens is 112 g/mol. The standard InChI is InChI=1S/C7H18Si/c1-6(2,3)7(4,5)8/h1-5,8H3. The molecule has 0 N–H and O–H groups in total. The van der Waals surface area contributed by atoms with E-state index in [9.17, 15) is 0 Å². The summed E-state index contributed by atoms with van der Waals surface area (Å²) in [6.07, 6.45) is 0. The number of hydrogen-bond acceptors (Lipinski definition) is 0. The van der Waals surface area contributed by atoms with Crippen molar-refractivity contribution in [2.24, 2.45) is 5.41 Å². The minimum Gasteiger partial charge on any atom is -0.0627 e. The minimum absolute atomic E-state index is 0.499. The molecule has 0 saturated heterocycles. The summed E-state index contributed by atoms with van der Waals surface area (Å²) in [7, 11) is 1.29. The molecule has 0 aromatic heterocycles. The number of rotatable bonds is 0. The van der Waals surface area contributed by atoms with Crippen molar-refractivity contribution in [3.63, 3.8) is 0 Å². The van der Waals surface area contributed by atoms with Crippen LogP contribution in [0.5, 0.6) is 0 Å². The summed E-state index contributed by atoms with van der Waals surface area (Å²) >= 11 is 0. The van der Waals surface area contributed by atoms with Crippen molar-refractivity contribution in [3.8, 4) is 0 Å². The molecule has 0 saturated carbocycles. The Labute approximate surface area is 56.1 Å². The molecular formula is C7H18Si. The summed E-state index contributed by atoms with van der Waals surface area (Å²) in [6, 6.07) is 0. The lowest BCUT2D eigenvalue weighted by molar-refractivity contribution is 0.303. The maximum Gasteiger partial charge on any atom is 0.0106 e. The smallest absolute Gasteiger partial charge is 0.0106 e. The molecule has 0 bridgehead atoms. The van der Waals surface area contributed by atoms with Crippen LogP contribution >= 0.6 is 0 Å². The molecule has 0 rings (SSSR count). The van der Waals surface area contributed by atoms with Crippen molar-refractivity contribution in [3.05, 3.63) is 0 Å². The largest absolute Gasteiger partial charge is 0.0627 e. The summed E-state index contributed by atoms with van der Waals surface area (Å²) in [4.78, 5) is 0. The van der Waals surface area contributed by atoms with Crippen molar-refractivity contribution in [1.82, 2.24) is 0 Å². The molecule has 0 nitrogen and oxygen atoms in total. The van der Waals surface area contributed by atoms with Crippen LogP contribution in [0.1, 0.15) is 34.6 Å². The first-order valence-corrected chi connectivity index (χ1v) is 4.25. The van der Waals surface area contributed by atoms with Gasteiger partial charge in [0.05, 0.1) is 0 Å². The molecule has 0 aliphatic rings. The van der Waals surface area contributed by atoms with Gasteiger partial charge in [0.1, 0.15) is 0 Å². The van der Waals surface area contributed by atoms with Gasteiger partial charge in [-0.05, 0) is 10.5 Å². The highest BCUT2D eigenvalue weighted by molar-refractivity contribution is 6.15. The Balaban J connectivity index is 4.02. The van der Waals surface area contributed by atoms with E-state index in [1.54, 1.807) is 0 Å². The summed E-state index contributed by atoms with van der Waals surface area (Å²) < 4.78 is 0. The Bertz CT molecular complexity index is 59.4. The highest BCUT2D eigenvalue weighted by Crippen LogP contribution is 2.40. The molecule has 0 aromatic rings. The van der Waals surface area contributed by atoms with Gasteiger partial charge in [-0.1, -0.05) is 34.6 Å². The molecule has 0 heterocycles. The average Bonchev–Trinajstić information content (AvgIpc) is 1.25. The second kappa shape index (κ2) is 1.87. The maximum absolute atomic E-state index is 2.33. The highest BCUT2D eigenvalue weighted by Gasteiger charge is 2.26. The van der Waals surface area contributed by atoms with E-state index in [1.165, 1.54) is 10.2 Å². The van der Waals surface area contributed by atoms with Crippen LogP contribution in [0.4, 0.5) is 0 Å². The van der Waals surface area contributed by atoms with Gasteiger partial charge in [-0.2, -0.15) is 0 Å². The zero-order valence-corrected chi connectivity index (χ0v) is 9.00. The zero-order chi connectivity index (χ0) is 7.00. The minimum atomic E-state index is 0.499. The van der Waals surface area contributed by atoms with E-state index >= 15 is 0 Å². The molecule has 0 aromatic carbocycles. The van der Waals surface area contributed by atoms with Gasteiger partial charge in [0.2, 0.25) is 0 Å². The predicted octanol–water partition coefficient (Wildman–Crippen LogP) is 1.60. The van der Waals surface area contributed by atoms with Crippen LogP contribution in [-0.2, 0) is 0 Å². The Morgan fingerprint density at radius 2 is 1.00 bits per heavy atom. The molecule has 0 radical (unpaired) electrons. The van der Waals surface area contributed by atoms with E-state index in [2.05, 4.69) is 34.6 Å². The van der Waals surface area contributed by atoms with Crippen LogP contribution < -0.4 is 0 Å². The van der Waals surface area contributed by atoms with Crippen molar-refractivity contribution in [1.29, 1.82) is 0 Å². The topological polar surface area (TPSA) is 0 Å². The quantitative estimate of drug-likeness (QED) is 0.437. The van der Waals surface area contributed by atoms with Crippen molar-refractivity contribution in [2.75, 3.05) is 0 Å². The third-order valence-electron chi connectivity index (χ3n) is 2.25. The Morgan fingerprint density at radius 1 is 0.875 bits per heavy atom. The van der Waals surface area contributed by atoms with Crippen molar-refractivity contribution < 1.29 is 0 Å². The molecule has 0 fully saturated rings. The molecule has 0 atom stereocenters. The molecule has 0 unspecified atom stereocenters. The summed E-state index contributed by atoms with van der Waals surface area (Å²) in [5, 5.41) is 0.576. The molecule has 50 valence electrons. The van der Waals surface area contributed by atoms with E-state index in [4.69, 9.17) is 0 Å². The maximum atomic E-state index is 2.33. The van der Waals surface area contributed by atoms with Gasteiger partial charge in [0, 0.05) is 10.2 Å². The van der Waals surface area contributed by atoms with Gasteiger partial charge in [-0.3, -0.25) is 0 Å². The first-order chi connectivity index (χ1) is 3.25. The fraction of sp³-hybridized carbons (Fsp3) is 1.00. The third kappa shape index (κ3) is 1.99. The Hall–Kier alpha value is 0.217. The van der Waals surface area contributed by atoms with E-state index in [0.29, 0.717) is 10.5 Å². The summed E-state index contributed by atoms with van der Waals surface area (Å²) in [5.41, 5.74) is 0.499. The predicted molar refractivity (Wildman–Crippen MR) is 43.4 cm³/mol. The molecule has 0 aliphatic carbocycles. The van der Waals surface area contributed by atoms with Gasteiger partial charge in [-0.25, -0.2) is 0 Å². The summed E-state index contributed by atoms with van der Waals surface area (Å²) in [5.74, 6) is 0. The first kappa shape index (κ1) is 8.22. The summed E-state index contributed by atoms with van der Waals surface area (Å²) in [6.45, 7) is 11.6. The average molecular weight is 130 g/mol. The van der Waals surface area contributed by atoms with E-state index < -0.39 is 0 Å². The van der Waals surface area contributed by atoms with Crippen LogP contribution in [0.3, 0.4) is 0 Å². The monoisotopic (exact) mass is 130 g/mol. The zero-order valence-electron chi connectivity index (χ0n) is 7.00. The molecule has 0 spiro atoms. The van der Waals surface area contributed by atoms with Crippen LogP contribution in [-0.4, -0.2) is 10.2 Å². The SMILES string of the molecule is CC(C)(C)C(C)(C)[SiH3]. The fourth-order valence-corrected chi connectivity index (χ4v) is 0. The molecule has 8 heavy (non-hydrogen) atoms. The van der Waals surface area contributed by atoms with Gasteiger partial charge < -0.3 is 0 Å². The van der Waals surface area contributed by atoms with Gasteiger partial charge in [0.15, 0.2) is 0 Å². The van der Waals surface area contributed by atoms with Crippen LogP contribution in [0.15, 0.2) is 0 Å². The van der Waals surface area contributed by atoms with Gasteiger partial charge in [-0.15, -0.1) is 0 Å². The number of hydrogen-bond donors (Lipinski definition) is 0. The van der Waals surface area contributed by atoms with E-state index in [-0.39, 0.29) is 0 Å². The lowest BCUT2D eigenvalue weighted by Crippen LogP contribution is -2.22. The second-order valence-corrected chi connectivity index (χ2v) is 7.00. The first-order valence-electron chi connectivity index (χ1n) is 3.25. The van der Waals surface area contributed by atoms with Gasteiger partial charge >= 0.3 is 0 Å². The third-order valence-corrected chi connectivity index (χ3v) is 3.75. The fourth-order valence-electron chi connectivity index (χ4n) is 0. The Morgan fingerprint density at radius 3 is 1.00 bits per heavy atom. The van der Waals surface area contributed by atoms with Crippen LogP contribution in [0.25, 0.3) is 0 Å². The molecule has 0 amide bonds. The lowest BCUT2D eigenvalue weighted by Gasteiger charge is -2.35. The lowest BCUT2D eigenvalue weighted by atomic mass is 9.82. The normalized spacial score (nSPS) is 14.6. The Kier molecular flexibility index (Phi) is 1.92. The van der Waals surface area contributed by atoms with E-state index in [1.807, 2.05) is 0 Å². The van der Waals surface area contributed by atoms with E-state index in [0.717, 1.165) is 0 Å². The molecule has 0 aliphatic heterocycles.